The van der Waals surface area contributed by atoms with E-state index in [1.54, 1.807) is 0 Å². The largest absolute Gasteiger partial charge is 0.304 e. The maximum absolute atomic E-state index is 2.63. The van der Waals surface area contributed by atoms with Gasteiger partial charge in [0.25, 0.3) is 0 Å². The third kappa shape index (κ3) is 5.31. The van der Waals surface area contributed by atoms with Crippen molar-refractivity contribution in [1.82, 2.24) is 9.80 Å². The maximum Gasteiger partial charge on any atom is 0.0110 e. The van der Waals surface area contributed by atoms with Crippen LogP contribution in [0, 0.1) is 10.8 Å². The Morgan fingerprint density at radius 2 is 1.38 bits per heavy atom. The van der Waals surface area contributed by atoms with Gasteiger partial charge >= 0.3 is 0 Å². The van der Waals surface area contributed by atoms with Gasteiger partial charge in [0.2, 0.25) is 0 Å². The van der Waals surface area contributed by atoms with Crippen molar-refractivity contribution in [2.24, 2.45) is 10.8 Å². The van der Waals surface area contributed by atoms with Crippen LogP contribution in [-0.2, 0) is 0 Å². The molecule has 0 unspecified atom stereocenters. The Morgan fingerprint density at radius 1 is 0.875 bits per heavy atom. The second-order valence-electron chi connectivity index (χ2n) is 7.48. The van der Waals surface area contributed by atoms with Gasteiger partial charge in [-0.3, -0.25) is 0 Å². The van der Waals surface area contributed by atoms with E-state index in [4.69, 9.17) is 0 Å². The van der Waals surface area contributed by atoms with Crippen LogP contribution in [0.4, 0.5) is 0 Å². The highest BCUT2D eigenvalue weighted by atomic mass is 15.2. The minimum Gasteiger partial charge on any atom is -0.304 e. The van der Waals surface area contributed by atoms with Crippen molar-refractivity contribution >= 4 is 0 Å². The van der Waals surface area contributed by atoms with Crippen molar-refractivity contribution in [1.29, 1.82) is 0 Å². The summed E-state index contributed by atoms with van der Waals surface area (Å²) in [6.07, 6.45) is 1.30. The molecule has 0 N–H and O–H groups in total. The second kappa shape index (κ2) is 5.05. The molecule has 0 aromatic heterocycles. The normalized spacial score (nSPS) is 21.4. The quantitative estimate of drug-likeness (QED) is 0.730. The second-order valence-corrected chi connectivity index (χ2v) is 7.48. The Bertz CT molecular complexity index is 207. The molecule has 2 heteroatoms. The first-order chi connectivity index (χ1) is 7.18. The summed E-state index contributed by atoms with van der Waals surface area (Å²) in [4.78, 5) is 5.05. The third-order valence-electron chi connectivity index (χ3n) is 3.26. The van der Waals surface area contributed by atoms with Crippen molar-refractivity contribution in [3.05, 3.63) is 0 Å². The molecule has 0 spiro atoms. The highest BCUT2D eigenvalue weighted by Crippen LogP contribution is 2.33. The molecule has 1 saturated heterocycles. The van der Waals surface area contributed by atoms with Gasteiger partial charge in [-0.2, -0.15) is 0 Å². The van der Waals surface area contributed by atoms with E-state index in [2.05, 4.69) is 51.5 Å². The Labute approximate surface area is 102 Å². The van der Waals surface area contributed by atoms with Crippen LogP contribution in [0.1, 0.15) is 41.0 Å². The summed E-state index contributed by atoms with van der Waals surface area (Å²) >= 11 is 0. The molecule has 1 heterocycles. The molecular weight excluding hydrogens is 196 g/mol. The lowest BCUT2D eigenvalue weighted by atomic mass is 9.76. The molecule has 0 aromatic rings. The molecule has 0 aromatic carbocycles. The minimum absolute atomic E-state index is 0.439. The van der Waals surface area contributed by atoms with E-state index in [1.165, 1.54) is 39.1 Å². The molecule has 0 radical (unpaired) electrons. The van der Waals surface area contributed by atoms with E-state index in [1.807, 2.05) is 0 Å². The zero-order valence-corrected chi connectivity index (χ0v) is 12.1. The smallest absolute Gasteiger partial charge is 0.0110 e. The molecule has 1 aliphatic heterocycles. The molecule has 0 atom stereocenters. The minimum atomic E-state index is 0.439. The summed E-state index contributed by atoms with van der Waals surface area (Å²) in [5, 5.41) is 0. The lowest BCUT2D eigenvalue weighted by Gasteiger charge is -2.40. The Hall–Kier alpha value is -0.0800. The first-order valence-electron chi connectivity index (χ1n) is 6.59. The van der Waals surface area contributed by atoms with E-state index >= 15 is 0 Å². The zero-order chi connectivity index (χ0) is 12.4. The monoisotopic (exact) mass is 226 g/mol. The van der Waals surface area contributed by atoms with Crippen LogP contribution in [0.3, 0.4) is 0 Å². The number of likely N-dealkylation sites (N-methyl/N-ethyl adjacent to an activating group) is 1. The first-order valence-corrected chi connectivity index (χ1v) is 6.59. The number of hydrogen-bond donors (Lipinski definition) is 0. The molecule has 0 saturated carbocycles. The Morgan fingerprint density at radius 3 is 1.81 bits per heavy atom. The topological polar surface area (TPSA) is 6.48 Å². The highest BCUT2D eigenvalue weighted by molar-refractivity contribution is 4.81. The van der Waals surface area contributed by atoms with Crippen LogP contribution in [0.2, 0.25) is 0 Å². The van der Waals surface area contributed by atoms with Crippen molar-refractivity contribution in [2.45, 2.75) is 41.0 Å². The van der Waals surface area contributed by atoms with Gasteiger partial charge in [0, 0.05) is 32.7 Å². The van der Waals surface area contributed by atoms with E-state index < -0.39 is 0 Å². The van der Waals surface area contributed by atoms with Gasteiger partial charge in [-0.25, -0.2) is 0 Å². The van der Waals surface area contributed by atoms with Gasteiger partial charge in [0.05, 0.1) is 0 Å². The summed E-state index contributed by atoms with van der Waals surface area (Å²) in [6.45, 7) is 18.0. The summed E-state index contributed by atoms with van der Waals surface area (Å²) < 4.78 is 0. The number of piperazine rings is 1. The predicted octanol–water partition coefficient (Wildman–Crippen LogP) is 2.70. The first kappa shape index (κ1) is 14.0. The fraction of sp³-hybridized carbons (Fsp3) is 1.00. The Balaban J connectivity index is 2.40. The zero-order valence-electron chi connectivity index (χ0n) is 12.1. The van der Waals surface area contributed by atoms with Crippen molar-refractivity contribution in [3.63, 3.8) is 0 Å². The van der Waals surface area contributed by atoms with E-state index in [-0.39, 0.29) is 0 Å². The molecular formula is C14H30N2. The summed E-state index contributed by atoms with van der Waals surface area (Å²) in [7, 11) is 2.22. The van der Waals surface area contributed by atoms with Crippen molar-refractivity contribution < 1.29 is 0 Å². The fourth-order valence-electron chi connectivity index (χ4n) is 3.10. The number of hydrogen-bond acceptors (Lipinski definition) is 2. The molecule has 1 fully saturated rings. The SMILES string of the molecule is CN1CCN(CC(C)(C)CC(C)(C)C)CC1. The predicted molar refractivity (Wildman–Crippen MR) is 71.8 cm³/mol. The summed E-state index contributed by atoms with van der Waals surface area (Å²) in [5.74, 6) is 0. The van der Waals surface area contributed by atoms with Crippen LogP contribution >= 0.6 is 0 Å². The van der Waals surface area contributed by atoms with E-state index in [0.29, 0.717) is 10.8 Å². The fourth-order valence-corrected chi connectivity index (χ4v) is 3.10. The van der Waals surface area contributed by atoms with Crippen molar-refractivity contribution in [2.75, 3.05) is 39.8 Å². The van der Waals surface area contributed by atoms with E-state index in [9.17, 15) is 0 Å². The van der Waals surface area contributed by atoms with Crippen LogP contribution in [0.5, 0.6) is 0 Å². The van der Waals surface area contributed by atoms with Gasteiger partial charge in [-0.1, -0.05) is 34.6 Å². The van der Waals surface area contributed by atoms with Gasteiger partial charge < -0.3 is 9.80 Å². The average molecular weight is 226 g/mol. The molecule has 0 aliphatic carbocycles. The van der Waals surface area contributed by atoms with Crippen LogP contribution in [0.25, 0.3) is 0 Å². The van der Waals surface area contributed by atoms with Crippen LogP contribution < -0.4 is 0 Å². The standard InChI is InChI=1S/C14H30N2/c1-13(2,3)11-14(4,5)12-16-9-7-15(6)8-10-16/h7-12H2,1-6H3. The molecule has 1 aliphatic rings. The molecule has 0 bridgehead atoms. The summed E-state index contributed by atoms with van der Waals surface area (Å²) in [6, 6.07) is 0. The maximum atomic E-state index is 2.63. The number of rotatable bonds is 3. The van der Waals surface area contributed by atoms with Gasteiger partial charge in [0.1, 0.15) is 0 Å². The highest BCUT2D eigenvalue weighted by Gasteiger charge is 2.28. The molecule has 1 rings (SSSR count). The van der Waals surface area contributed by atoms with E-state index in [0.717, 1.165) is 0 Å². The number of nitrogens with zero attached hydrogens (tertiary/aromatic N) is 2. The lowest BCUT2D eigenvalue weighted by Crippen LogP contribution is -2.48. The van der Waals surface area contributed by atoms with Gasteiger partial charge in [-0.05, 0) is 24.3 Å². The third-order valence-corrected chi connectivity index (χ3v) is 3.26. The average Bonchev–Trinajstić information content (AvgIpc) is 2.04. The van der Waals surface area contributed by atoms with Crippen molar-refractivity contribution in [3.8, 4) is 0 Å². The van der Waals surface area contributed by atoms with Gasteiger partial charge in [-0.15, -0.1) is 0 Å². The molecule has 16 heavy (non-hydrogen) atoms. The van der Waals surface area contributed by atoms with Crippen LogP contribution in [0.15, 0.2) is 0 Å². The molecule has 96 valence electrons. The Kier molecular flexibility index (Phi) is 4.42. The molecule has 2 nitrogen and oxygen atoms in total. The molecule has 0 amide bonds. The lowest BCUT2D eigenvalue weighted by molar-refractivity contribution is 0.0881. The van der Waals surface area contributed by atoms with Gasteiger partial charge in [0.15, 0.2) is 0 Å². The van der Waals surface area contributed by atoms with Crippen LogP contribution in [-0.4, -0.2) is 49.6 Å². The summed E-state index contributed by atoms with van der Waals surface area (Å²) in [5.41, 5.74) is 0.879.